The second-order valence-electron chi connectivity index (χ2n) is 6.67. The van der Waals surface area contributed by atoms with Crippen LogP contribution < -0.4 is 15.8 Å². The van der Waals surface area contributed by atoms with Crippen molar-refractivity contribution in [2.45, 2.75) is 0 Å². The number of halogens is 2. The molecule has 3 rings (SSSR count). The van der Waals surface area contributed by atoms with E-state index in [1.165, 1.54) is 12.1 Å². The number of nitrogens with one attached hydrogen (secondary N) is 1. The van der Waals surface area contributed by atoms with Crippen LogP contribution in [0.3, 0.4) is 0 Å². The van der Waals surface area contributed by atoms with Crippen LogP contribution >= 0.6 is 23.2 Å². The lowest BCUT2D eigenvalue weighted by Crippen LogP contribution is -2.22. The Morgan fingerprint density at radius 3 is 2.27 bits per heavy atom. The molecule has 0 radical (unpaired) electrons. The van der Waals surface area contributed by atoms with Gasteiger partial charge in [-0.25, -0.2) is 0 Å². The molecule has 0 aliphatic carbocycles. The maximum Gasteiger partial charge on any atom is 0.259 e. The minimum absolute atomic E-state index is 0.00397. The van der Waals surface area contributed by atoms with Crippen molar-refractivity contribution in [3.05, 3.63) is 81.8 Å². The number of ether oxygens (including phenoxy) is 2. The van der Waals surface area contributed by atoms with Crippen LogP contribution in [0.1, 0.15) is 20.7 Å². The van der Waals surface area contributed by atoms with Gasteiger partial charge in [0.05, 0.1) is 16.3 Å². The molecule has 0 fully saturated rings. The lowest BCUT2D eigenvalue weighted by atomic mass is 10.0. The molecule has 3 N–H and O–H groups in total. The number of aldehydes is 1. The Morgan fingerprint density at radius 1 is 1.00 bits per heavy atom. The third kappa shape index (κ3) is 7.32. The van der Waals surface area contributed by atoms with E-state index in [4.69, 9.17) is 33.7 Å². The molecule has 2 amide bonds. The van der Waals surface area contributed by atoms with E-state index in [1.54, 1.807) is 32.4 Å². The molecule has 9 heteroatoms. The first-order chi connectivity index (χ1) is 15.8. The molecule has 0 aliphatic heterocycles. The zero-order valence-electron chi connectivity index (χ0n) is 17.9. The summed E-state index contributed by atoms with van der Waals surface area (Å²) >= 11 is 12.2. The fourth-order valence-electron chi connectivity index (χ4n) is 2.79. The molecule has 0 atom stereocenters. The van der Waals surface area contributed by atoms with Crippen molar-refractivity contribution in [1.82, 2.24) is 0 Å². The van der Waals surface area contributed by atoms with Crippen molar-refractivity contribution in [3.63, 3.8) is 0 Å². The third-order valence-corrected chi connectivity index (χ3v) is 4.65. The van der Waals surface area contributed by atoms with Crippen molar-refractivity contribution >= 4 is 47.0 Å². The summed E-state index contributed by atoms with van der Waals surface area (Å²) in [7, 11) is 3.25. The molecule has 3 aromatic rings. The highest BCUT2D eigenvalue weighted by atomic mass is 35.5. The van der Waals surface area contributed by atoms with Gasteiger partial charge in [0.15, 0.2) is 18.6 Å². The van der Waals surface area contributed by atoms with Crippen LogP contribution in [0.5, 0.6) is 5.75 Å². The number of rotatable bonds is 7. The standard InChI is InChI=1S/C22H16Cl2N2O4.C2H6O/c23-16-9-17(21(18(24)10-16)30-12-20(25)28)22(29)26-19-8-14(6-7-15(19)11-27)13-4-2-1-3-5-13;1-3-2/h1-11H,12H2,(H2,25,28)(H,26,29);1-2H3. The van der Waals surface area contributed by atoms with Gasteiger partial charge >= 0.3 is 0 Å². The largest absolute Gasteiger partial charge is 0.481 e. The van der Waals surface area contributed by atoms with E-state index in [9.17, 15) is 14.4 Å². The van der Waals surface area contributed by atoms with Crippen molar-refractivity contribution in [1.29, 1.82) is 0 Å². The minimum atomic E-state index is -0.730. The number of primary amides is 1. The Hall–Kier alpha value is -3.39. The van der Waals surface area contributed by atoms with Crippen LogP contribution in [-0.2, 0) is 9.53 Å². The first kappa shape index (κ1) is 25.9. The average Bonchev–Trinajstić information content (AvgIpc) is 2.79. The SMILES string of the molecule is COC.NC(=O)COc1c(Cl)cc(Cl)cc1C(=O)Nc1cc(-c2ccccc2)ccc1C=O. The molecule has 3 aromatic carbocycles. The number of methoxy groups -OCH3 is 1. The van der Waals surface area contributed by atoms with Gasteiger partial charge in [-0.2, -0.15) is 0 Å². The highest BCUT2D eigenvalue weighted by molar-refractivity contribution is 6.36. The molecule has 0 aromatic heterocycles. The van der Waals surface area contributed by atoms with Crippen LogP contribution in [0, 0.1) is 0 Å². The van der Waals surface area contributed by atoms with Gasteiger partial charge in [-0.1, -0.05) is 59.6 Å². The highest BCUT2D eigenvalue weighted by Gasteiger charge is 2.19. The maximum absolute atomic E-state index is 13.0. The van der Waals surface area contributed by atoms with Gasteiger partial charge in [-0.15, -0.1) is 0 Å². The predicted molar refractivity (Wildman–Crippen MR) is 129 cm³/mol. The summed E-state index contributed by atoms with van der Waals surface area (Å²) in [6.07, 6.45) is 0.639. The lowest BCUT2D eigenvalue weighted by molar-refractivity contribution is -0.119. The summed E-state index contributed by atoms with van der Waals surface area (Å²) < 4.78 is 9.55. The first-order valence-corrected chi connectivity index (χ1v) is 10.3. The molecule has 0 saturated carbocycles. The Balaban J connectivity index is 0.00000122. The van der Waals surface area contributed by atoms with E-state index in [0.29, 0.717) is 12.0 Å². The fourth-order valence-corrected chi connectivity index (χ4v) is 3.33. The smallest absolute Gasteiger partial charge is 0.259 e. The van der Waals surface area contributed by atoms with Crippen LogP contribution in [0.2, 0.25) is 10.0 Å². The molecule has 33 heavy (non-hydrogen) atoms. The van der Waals surface area contributed by atoms with Gasteiger partial charge in [0.25, 0.3) is 11.8 Å². The molecule has 0 saturated heterocycles. The molecular weight excluding hydrogens is 467 g/mol. The molecule has 0 unspecified atom stereocenters. The molecular formula is C24H22Cl2N2O5. The number of hydrogen-bond acceptors (Lipinski definition) is 5. The zero-order chi connectivity index (χ0) is 24.4. The minimum Gasteiger partial charge on any atom is -0.481 e. The van der Waals surface area contributed by atoms with Crippen molar-refractivity contribution in [2.75, 3.05) is 26.1 Å². The van der Waals surface area contributed by atoms with Gasteiger partial charge in [-0.05, 0) is 35.4 Å². The summed E-state index contributed by atoms with van der Waals surface area (Å²) in [6, 6.07) is 17.3. The Morgan fingerprint density at radius 2 is 1.67 bits per heavy atom. The summed E-state index contributed by atoms with van der Waals surface area (Å²) in [5.74, 6) is -1.39. The number of anilines is 1. The van der Waals surface area contributed by atoms with Crippen molar-refractivity contribution < 1.29 is 23.9 Å². The number of benzene rings is 3. The molecule has 0 spiro atoms. The zero-order valence-corrected chi connectivity index (χ0v) is 19.4. The Kier molecular flexibility index (Phi) is 9.87. The number of carbonyl (C=O) groups excluding carboxylic acids is 3. The summed E-state index contributed by atoms with van der Waals surface area (Å²) in [4.78, 5) is 35.5. The molecule has 172 valence electrons. The second kappa shape index (κ2) is 12.6. The van der Waals surface area contributed by atoms with Crippen LogP contribution in [-0.4, -0.2) is 38.9 Å². The Labute approximate surface area is 201 Å². The van der Waals surface area contributed by atoms with Crippen molar-refractivity contribution in [2.24, 2.45) is 5.73 Å². The van der Waals surface area contributed by atoms with E-state index in [0.717, 1.165) is 11.1 Å². The van der Waals surface area contributed by atoms with Crippen molar-refractivity contribution in [3.8, 4) is 16.9 Å². The molecule has 0 aliphatic rings. The van der Waals surface area contributed by atoms with Crippen LogP contribution in [0.15, 0.2) is 60.7 Å². The highest BCUT2D eigenvalue weighted by Crippen LogP contribution is 2.33. The molecule has 0 heterocycles. The van der Waals surface area contributed by atoms with Gasteiger partial charge in [0, 0.05) is 24.8 Å². The van der Waals surface area contributed by atoms with E-state index in [2.05, 4.69) is 10.1 Å². The topological polar surface area (TPSA) is 108 Å². The number of nitrogens with two attached hydrogens (primary N) is 1. The van der Waals surface area contributed by atoms with E-state index in [1.807, 2.05) is 30.3 Å². The normalized spacial score (nSPS) is 9.94. The first-order valence-electron chi connectivity index (χ1n) is 9.57. The summed E-state index contributed by atoms with van der Waals surface area (Å²) in [5.41, 5.74) is 7.42. The van der Waals surface area contributed by atoms with E-state index >= 15 is 0 Å². The average molecular weight is 489 g/mol. The summed E-state index contributed by atoms with van der Waals surface area (Å²) in [6.45, 7) is -0.468. The Bertz CT molecular complexity index is 1140. The van der Waals surface area contributed by atoms with Gasteiger partial charge in [0.2, 0.25) is 0 Å². The number of hydrogen-bond donors (Lipinski definition) is 2. The number of carbonyl (C=O) groups is 3. The predicted octanol–water partition coefficient (Wildman–Crippen LogP) is 4.85. The maximum atomic E-state index is 13.0. The molecule has 7 nitrogen and oxygen atoms in total. The van der Waals surface area contributed by atoms with E-state index in [-0.39, 0.29) is 26.9 Å². The monoisotopic (exact) mass is 488 g/mol. The fraction of sp³-hybridized carbons (Fsp3) is 0.125. The van der Waals surface area contributed by atoms with Gasteiger partial charge < -0.3 is 20.5 Å². The second-order valence-corrected chi connectivity index (χ2v) is 7.51. The number of amides is 2. The lowest BCUT2D eigenvalue weighted by Gasteiger charge is -2.14. The van der Waals surface area contributed by atoms with Crippen LogP contribution in [0.4, 0.5) is 5.69 Å². The molecule has 0 bridgehead atoms. The third-order valence-electron chi connectivity index (χ3n) is 4.15. The van der Waals surface area contributed by atoms with E-state index < -0.39 is 18.4 Å². The van der Waals surface area contributed by atoms with Gasteiger partial charge in [0.1, 0.15) is 0 Å². The van der Waals surface area contributed by atoms with Gasteiger partial charge in [-0.3, -0.25) is 14.4 Å². The van der Waals surface area contributed by atoms with Crippen LogP contribution in [0.25, 0.3) is 11.1 Å². The quantitative estimate of drug-likeness (QED) is 0.462. The summed E-state index contributed by atoms with van der Waals surface area (Å²) in [5, 5.41) is 2.93.